The molecule has 0 bridgehead atoms. The summed E-state index contributed by atoms with van der Waals surface area (Å²) in [6, 6.07) is 9.32. The SMILES string of the molecule is CNC[C@@H](O)COc1ccc(Cl)c(-c2nc(/C(NC)=C(\C)C=N)c(C)c(N3Cc4cccnc4C3)n2)c1. The quantitative estimate of drug-likeness (QED) is 0.299. The lowest BCUT2D eigenvalue weighted by Crippen LogP contribution is -2.29. The van der Waals surface area contributed by atoms with Crippen molar-refractivity contribution in [3.8, 4) is 17.1 Å². The number of hydrogen-bond acceptors (Lipinski definition) is 9. The van der Waals surface area contributed by atoms with Crippen LogP contribution in [0.2, 0.25) is 5.02 Å². The first-order valence-electron chi connectivity index (χ1n) is 12.1. The fourth-order valence-corrected chi connectivity index (χ4v) is 4.56. The maximum Gasteiger partial charge on any atom is 0.163 e. The highest BCUT2D eigenvalue weighted by atomic mass is 35.5. The Balaban J connectivity index is 1.81. The van der Waals surface area contributed by atoms with Crippen molar-refractivity contribution >= 4 is 29.3 Å². The van der Waals surface area contributed by atoms with Crippen LogP contribution in [0.4, 0.5) is 5.82 Å². The molecule has 0 saturated carbocycles. The minimum atomic E-state index is -0.643. The second-order valence-corrected chi connectivity index (χ2v) is 9.33. The van der Waals surface area contributed by atoms with E-state index in [1.54, 1.807) is 31.4 Å². The summed E-state index contributed by atoms with van der Waals surface area (Å²) in [5, 5.41) is 24.5. The average Bonchev–Trinajstić information content (AvgIpc) is 3.33. The van der Waals surface area contributed by atoms with E-state index in [-0.39, 0.29) is 6.61 Å². The maximum absolute atomic E-state index is 10.0. The first-order chi connectivity index (χ1) is 17.9. The van der Waals surface area contributed by atoms with E-state index in [9.17, 15) is 5.11 Å². The van der Waals surface area contributed by atoms with Crippen molar-refractivity contribution in [2.24, 2.45) is 0 Å². The predicted octanol–water partition coefficient (Wildman–Crippen LogP) is 3.58. The second-order valence-electron chi connectivity index (χ2n) is 8.93. The molecule has 2 aromatic heterocycles. The van der Waals surface area contributed by atoms with E-state index >= 15 is 0 Å². The highest BCUT2D eigenvalue weighted by Gasteiger charge is 2.26. The lowest BCUT2D eigenvalue weighted by molar-refractivity contribution is 0.108. The number of fused-ring (bicyclic) bond motifs is 1. The molecule has 0 unspecified atom stereocenters. The summed E-state index contributed by atoms with van der Waals surface area (Å²) in [6.45, 7) is 5.73. The van der Waals surface area contributed by atoms with Gasteiger partial charge in [0.15, 0.2) is 5.82 Å². The Bertz CT molecular complexity index is 1300. The smallest absolute Gasteiger partial charge is 0.163 e. The number of anilines is 1. The van der Waals surface area contributed by atoms with Gasteiger partial charge in [0.25, 0.3) is 0 Å². The van der Waals surface area contributed by atoms with Gasteiger partial charge in [0.05, 0.1) is 28.7 Å². The zero-order valence-corrected chi connectivity index (χ0v) is 22.2. The molecule has 1 aliphatic heterocycles. The van der Waals surface area contributed by atoms with Gasteiger partial charge in [0.2, 0.25) is 0 Å². The molecule has 0 aliphatic carbocycles. The molecule has 0 amide bonds. The van der Waals surface area contributed by atoms with Crippen molar-refractivity contribution in [1.82, 2.24) is 25.6 Å². The average molecular weight is 522 g/mol. The maximum atomic E-state index is 10.0. The fraction of sp³-hybridized carbons (Fsp3) is 0.333. The van der Waals surface area contributed by atoms with Gasteiger partial charge in [-0.3, -0.25) is 4.98 Å². The number of aliphatic hydroxyl groups is 1. The number of pyridine rings is 1. The monoisotopic (exact) mass is 521 g/mol. The highest BCUT2D eigenvalue weighted by molar-refractivity contribution is 6.33. The summed E-state index contributed by atoms with van der Waals surface area (Å²) < 4.78 is 5.81. The van der Waals surface area contributed by atoms with Gasteiger partial charge in [0.1, 0.15) is 24.3 Å². The number of benzene rings is 1. The number of likely N-dealkylation sites (N-methyl/N-ethyl adjacent to an activating group) is 1. The molecular weight excluding hydrogens is 490 g/mol. The fourth-order valence-electron chi connectivity index (χ4n) is 4.35. The highest BCUT2D eigenvalue weighted by Crippen LogP contribution is 2.36. The Morgan fingerprint density at radius 1 is 1.27 bits per heavy atom. The number of nitrogens with one attached hydrogen (secondary N) is 3. The van der Waals surface area contributed by atoms with Crippen LogP contribution in [0.3, 0.4) is 0 Å². The first-order valence-corrected chi connectivity index (χ1v) is 12.4. The second kappa shape index (κ2) is 11.7. The number of rotatable bonds is 10. The summed E-state index contributed by atoms with van der Waals surface area (Å²) in [5.74, 6) is 1.77. The van der Waals surface area contributed by atoms with E-state index in [1.807, 2.05) is 27.0 Å². The molecule has 4 N–H and O–H groups in total. The van der Waals surface area contributed by atoms with Gasteiger partial charge >= 0.3 is 0 Å². The molecule has 1 aliphatic rings. The minimum absolute atomic E-state index is 0.136. The molecule has 9 nitrogen and oxygen atoms in total. The summed E-state index contributed by atoms with van der Waals surface area (Å²) in [7, 11) is 3.59. The first kappa shape index (κ1) is 26.5. The third-order valence-electron chi connectivity index (χ3n) is 6.26. The summed E-state index contributed by atoms with van der Waals surface area (Å²) in [4.78, 5) is 16.6. The molecule has 0 radical (unpaired) electrons. The zero-order valence-electron chi connectivity index (χ0n) is 21.5. The van der Waals surface area contributed by atoms with Crippen molar-refractivity contribution in [3.63, 3.8) is 0 Å². The molecule has 3 heterocycles. The van der Waals surface area contributed by atoms with Gasteiger partial charge in [-0.2, -0.15) is 0 Å². The number of halogens is 1. The topological polar surface area (TPSA) is 119 Å². The van der Waals surface area contributed by atoms with E-state index in [2.05, 4.69) is 26.6 Å². The third-order valence-corrected chi connectivity index (χ3v) is 6.59. The van der Waals surface area contributed by atoms with Gasteiger partial charge in [-0.25, -0.2) is 9.97 Å². The van der Waals surface area contributed by atoms with Crippen molar-refractivity contribution in [1.29, 1.82) is 5.41 Å². The van der Waals surface area contributed by atoms with Crippen LogP contribution < -0.4 is 20.3 Å². The lowest BCUT2D eigenvalue weighted by atomic mass is 10.1. The van der Waals surface area contributed by atoms with Crippen LogP contribution in [0, 0.1) is 12.3 Å². The minimum Gasteiger partial charge on any atom is -0.491 e. The number of aromatic nitrogens is 3. The molecule has 4 rings (SSSR count). The molecule has 0 fully saturated rings. The molecule has 194 valence electrons. The largest absolute Gasteiger partial charge is 0.491 e. The van der Waals surface area contributed by atoms with E-state index in [0.717, 1.165) is 33.9 Å². The van der Waals surface area contributed by atoms with Crippen molar-refractivity contribution < 1.29 is 9.84 Å². The van der Waals surface area contributed by atoms with Crippen LogP contribution >= 0.6 is 11.6 Å². The third kappa shape index (κ3) is 5.74. The van der Waals surface area contributed by atoms with Crippen LogP contribution in [0.15, 0.2) is 42.1 Å². The Kier molecular flexibility index (Phi) is 8.38. The number of allylic oxidation sites excluding steroid dienone is 1. The molecule has 0 saturated heterocycles. The normalized spacial score (nSPS) is 14.2. The lowest BCUT2D eigenvalue weighted by Gasteiger charge is -2.23. The number of hydrogen-bond donors (Lipinski definition) is 4. The van der Waals surface area contributed by atoms with E-state index in [4.69, 9.17) is 31.7 Å². The molecule has 37 heavy (non-hydrogen) atoms. The van der Waals surface area contributed by atoms with Crippen molar-refractivity contribution in [2.75, 3.05) is 32.1 Å². The number of ether oxygens (including phenoxy) is 1. The number of aliphatic hydroxyl groups excluding tert-OH is 1. The van der Waals surface area contributed by atoms with Crippen molar-refractivity contribution in [2.45, 2.75) is 33.0 Å². The zero-order chi connectivity index (χ0) is 26.5. The van der Waals surface area contributed by atoms with E-state index in [0.29, 0.717) is 47.5 Å². The molecule has 10 heteroatoms. The van der Waals surface area contributed by atoms with E-state index in [1.165, 1.54) is 6.21 Å². The Hall–Kier alpha value is -3.53. The summed E-state index contributed by atoms with van der Waals surface area (Å²) in [5.41, 5.74) is 5.87. The molecular formula is C27H32ClN7O2. The summed E-state index contributed by atoms with van der Waals surface area (Å²) >= 11 is 6.64. The molecule has 0 spiro atoms. The standard InChI is InChI=1S/C27H32ClN7O2/c1-16(11-29)24(31-4)25-17(2)27(35-13-18-6-5-9-32-23(18)14-35)34-26(33-25)21-10-20(7-8-22(21)28)37-15-19(36)12-30-3/h5-11,19,29-31,36H,12-15H2,1-4H3/b24-16-,29-11?/t19-/m1/s1. The molecule has 1 aromatic carbocycles. The van der Waals surface area contributed by atoms with Gasteiger partial charge in [-0.1, -0.05) is 17.7 Å². The summed E-state index contributed by atoms with van der Waals surface area (Å²) in [6.07, 6.45) is 2.47. The van der Waals surface area contributed by atoms with Gasteiger partial charge in [-0.15, -0.1) is 0 Å². The Morgan fingerprint density at radius 3 is 2.78 bits per heavy atom. The van der Waals surface area contributed by atoms with E-state index < -0.39 is 6.10 Å². The van der Waals surface area contributed by atoms with Crippen LogP contribution in [0.25, 0.3) is 17.1 Å². The molecule has 3 aromatic rings. The van der Waals surface area contributed by atoms with Crippen LogP contribution in [0.1, 0.15) is 29.4 Å². The van der Waals surface area contributed by atoms with Crippen molar-refractivity contribution in [3.05, 3.63) is 69.6 Å². The van der Waals surface area contributed by atoms with Crippen LogP contribution in [-0.2, 0) is 13.1 Å². The van der Waals surface area contributed by atoms with Gasteiger partial charge in [0, 0.05) is 43.7 Å². The predicted molar refractivity (Wildman–Crippen MR) is 147 cm³/mol. The van der Waals surface area contributed by atoms with Gasteiger partial charge in [-0.05, 0) is 56.3 Å². The molecule has 1 atom stereocenters. The van der Waals surface area contributed by atoms with Gasteiger partial charge < -0.3 is 30.8 Å². The Labute approximate surface area is 222 Å². The van der Waals surface area contributed by atoms with Crippen LogP contribution in [0.5, 0.6) is 5.75 Å². The van der Waals surface area contributed by atoms with Crippen LogP contribution in [-0.4, -0.2) is 59.6 Å². The Morgan fingerprint density at radius 2 is 2.08 bits per heavy atom. The number of nitrogens with zero attached hydrogens (tertiary/aromatic N) is 4.